The van der Waals surface area contributed by atoms with Crippen LogP contribution in [0.15, 0.2) is 40.7 Å². The third-order valence-corrected chi connectivity index (χ3v) is 7.83. The molecule has 0 aliphatic heterocycles. The molecule has 0 heterocycles. The van der Waals surface area contributed by atoms with E-state index in [9.17, 15) is 10.2 Å². The van der Waals surface area contributed by atoms with Gasteiger partial charge in [0.15, 0.2) is 0 Å². The molecule has 2 fully saturated rings. The Morgan fingerprint density at radius 3 is 2.73 bits per heavy atom. The third-order valence-electron chi connectivity index (χ3n) is 7.83. The number of allylic oxidation sites excluding steroid dienone is 3. The molecule has 0 saturated heterocycles. The van der Waals surface area contributed by atoms with Crippen molar-refractivity contribution in [2.24, 2.45) is 23.2 Å². The van der Waals surface area contributed by atoms with Gasteiger partial charge in [-0.15, -0.1) is 5.73 Å². The van der Waals surface area contributed by atoms with Crippen LogP contribution in [0.3, 0.4) is 0 Å². The summed E-state index contributed by atoms with van der Waals surface area (Å²) in [6.45, 7) is 6.63. The molecule has 0 spiro atoms. The van der Waals surface area contributed by atoms with E-state index in [2.05, 4.69) is 38.7 Å². The van der Waals surface area contributed by atoms with Gasteiger partial charge in [0.2, 0.25) is 0 Å². The Morgan fingerprint density at radius 1 is 1.15 bits per heavy atom. The highest BCUT2D eigenvalue weighted by Gasteiger charge is 2.59. The van der Waals surface area contributed by atoms with Gasteiger partial charge in [-0.25, -0.2) is 0 Å². The average molecular weight is 355 g/mol. The van der Waals surface area contributed by atoms with E-state index in [4.69, 9.17) is 0 Å². The van der Waals surface area contributed by atoms with Gasteiger partial charge >= 0.3 is 0 Å². The zero-order chi connectivity index (χ0) is 18.5. The lowest BCUT2D eigenvalue weighted by Crippen LogP contribution is -2.48. The van der Waals surface area contributed by atoms with Crippen LogP contribution in [0.5, 0.6) is 0 Å². The van der Waals surface area contributed by atoms with E-state index in [1.807, 2.05) is 6.08 Å². The molecule has 4 aliphatic carbocycles. The summed E-state index contributed by atoms with van der Waals surface area (Å²) >= 11 is 0. The van der Waals surface area contributed by atoms with Crippen molar-refractivity contribution in [3.63, 3.8) is 0 Å². The Balaban J connectivity index is 1.66. The van der Waals surface area contributed by atoms with Gasteiger partial charge in [-0.05, 0) is 92.4 Å². The predicted molar refractivity (Wildman–Crippen MR) is 106 cm³/mol. The maximum absolute atomic E-state index is 11.5. The molecule has 4 rings (SSSR count). The first-order valence-corrected chi connectivity index (χ1v) is 10.6. The van der Waals surface area contributed by atoms with E-state index < -0.39 is 5.60 Å². The number of rotatable bonds is 2. The normalized spacial score (nSPS) is 41.8. The lowest BCUT2D eigenvalue weighted by Gasteiger charge is -2.51. The standard InChI is InChI=1S/C24H34O2/c1-16(2)5-4-12-24(26)14-11-22-21-8-6-17-15-18(25)7-9-19(17)20(21)10-13-23(22,24)3/h5,12,15-16,18,21-22,25-26H,6-11,13-14H2,1-3H3. The Kier molecular flexibility index (Phi) is 4.58. The number of aliphatic hydroxyl groups is 2. The summed E-state index contributed by atoms with van der Waals surface area (Å²) in [5.74, 6) is 1.68. The molecule has 0 amide bonds. The van der Waals surface area contributed by atoms with Gasteiger partial charge in [0.25, 0.3) is 0 Å². The molecule has 2 N–H and O–H groups in total. The summed E-state index contributed by atoms with van der Waals surface area (Å²) < 4.78 is 0. The highest BCUT2D eigenvalue weighted by molar-refractivity contribution is 5.44. The van der Waals surface area contributed by atoms with E-state index in [0.717, 1.165) is 44.9 Å². The molecule has 0 aromatic carbocycles. The zero-order valence-electron chi connectivity index (χ0n) is 16.6. The van der Waals surface area contributed by atoms with Crippen LogP contribution in [0, 0.1) is 23.2 Å². The van der Waals surface area contributed by atoms with Crippen LogP contribution in [0.1, 0.15) is 72.1 Å². The van der Waals surface area contributed by atoms with Crippen molar-refractivity contribution in [2.45, 2.75) is 83.8 Å². The molecule has 26 heavy (non-hydrogen) atoms. The Bertz CT molecular complexity index is 706. The van der Waals surface area contributed by atoms with Crippen molar-refractivity contribution in [3.8, 4) is 0 Å². The first kappa shape index (κ1) is 18.3. The molecule has 0 radical (unpaired) electrons. The molecule has 2 nitrogen and oxygen atoms in total. The largest absolute Gasteiger partial charge is 0.389 e. The molecule has 0 aromatic heterocycles. The molecular weight excluding hydrogens is 320 g/mol. The molecule has 5 atom stereocenters. The van der Waals surface area contributed by atoms with Crippen LogP contribution in [0.2, 0.25) is 0 Å². The van der Waals surface area contributed by atoms with E-state index in [1.54, 1.807) is 11.1 Å². The molecule has 2 heteroatoms. The number of hydrogen-bond donors (Lipinski definition) is 2. The predicted octanol–water partition coefficient (Wildman–Crippen LogP) is 5.08. The van der Waals surface area contributed by atoms with Gasteiger partial charge in [-0.3, -0.25) is 0 Å². The van der Waals surface area contributed by atoms with Crippen LogP contribution >= 0.6 is 0 Å². The smallest absolute Gasteiger partial charge is 0.0957 e. The van der Waals surface area contributed by atoms with E-state index >= 15 is 0 Å². The average Bonchev–Trinajstić information content (AvgIpc) is 2.85. The van der Waals surface area contributed by atoms with Gasteiger partial charge in [-0.2, -0.15) is 0 Å². The van der Waals surface area contributed by atoms with Crippen molar-refractivity contribution in [3.05, 3.63) is 40.7 Å². The summed E-state index contributed by atoms with van der Waals surface area (Å²) in [6.07, 6.45) is 14.3. The van der Waals surface area contributed by atoms with Crippen molar-refractivity contribution in [1.82, 2.24) is 0 Å². The second-order valence-corrected chi connectivity index (χ2v) is 9.66. The maximum Gasteiger partial charge on any atom is 0.0957 e. The fraction of sp³-hybridized carbons (Fsp3) is 0.708. The monoisotopic (exact) mass is 354 g/mol. The van der Waals surface area contributed by atoms with Gasteiger partial charge in [0, 0.05) is 5.41 Å². The summed E-state index contributed by atoms with van der Waals surface area (Å²) in [7, 11) is 0. The second kappa shape index (κ2) is 6.51. The summed E-state index contributed by atoms with van der Waals surface area (Å²) in [4.78, 5) is 0. The molecule has 4 aliphatic rings. The number of fused-ring (bicyclic) bond motifs is 4. The second-order valence-electron chi connectivity index (χ2n) is 9.66. The lowest BCUT2D eigenvalue weighted by atomic mass is 9.55. The van der Waals surface area contributed by atoms with Crippen LogP contribution in [-0.4, -0.2) is 21.9 Å². The fourth-order valence-electron chi connectivity index (χ4n) is 6.32. The van der Waals surface area contributed by atoms with Crippen LogP contribution in [0.25, 0.3) is 0 Å². The highest BCUT2D eigenvalue weighted by Crippen LogP contribution is 2.63. The quantitative estimate of drug-likeness (QED) is 0.679. The molecule has 142 valence electrons. The minimum atomic E-state index is -0.710. The van der Waals surface area contributed by atoms with Crippen LogP contribution in [-0.2, 0) is 0 Å². The number of aliphatic hydroxyl groups excluding tert-OH is 1. The van der Waals surface area contributed by atoms with E-state index in [1.165, 1.54) is 12.0 Å². The topological polar surface area (TPSA) is 40.5 Å². The highest BCUT2D eigenvalue weighted by atomic mass is 16.3. The minimum Gasteiger partial charge on any atom is -0.389 e. The van der Waals surface area contributed by atoms with Gasteiger partial charge in [-0.1, -0.05) is 32.4 Å². The zero-order valence-corrected chi connectivity index (χ0v) is 16.6. The molecule has 5 unspecified atom stereocenters. The number of hydrogen-bond acceptors (Lipinski definition) is 2. The maximum atomic E-state index is 11.5. The van der Waals surface area contributed by atoms with Crippen molar-refractivity contribution in [1.29, 1.82) is 0 Å². The first-order valence-electron chi connectivity index (χ1n) is 10.6. The van der Waals surface area contributed by atoms with Gasteiger partial charge in [0.1, 0.15) is 0 Å². The van der Waals surface area contributed by atoms with Crippen LogP contribution < -0.4 is 0 Å². The Hall–Kier alpha value is -1.08. The Labute approximate surface area is 158 Å². The SMILES string of the molecule is CC(C)C=C=CC1(O)CCC2C3CCC4=CC(O)CCC4=C3CCC21C. The third kappa shape index (κ3) is 2.78. The fourth-order valence-corrected chi connectivity index (χ4v) is 6.32. The summed E-state index contributed by atoms with van der Waals surface area (Å²) in [5.41, 5.74) is 7.22. The summed E-state index contributed by atoms with van der Waals surface area (Å²) in [6, 6.07) is 0. The lowest BCUT2D eigenvalue weighted by molar-refractivity contribution is -0.0537. The van der Waals surface area contributed by atoms with Crippen molar-refractivity contribution >= 4 is 0 Å². The van der Waals surface area contributed by atoms with Gasteiger partial charge in [0.05, 0.1) is 11.7 Å². The summed E-state index contributed by atoms with van der Waals surface area (Å²) in [5, 5.41) is 21.5. The van der Waals surface area contributed by atoms with Gasteiger partial charge < -0.3 is 10.2 Å². The van der Waals surface area contributed by atoms with Crippen LogP contribution in [0.4, 0.5) is 0 Å². The molecule has 2 saturated carbocycles. The molecule has 0 aromatic rings. The first-order chi connectivity index (χ1) is 12.3. The van der Waals surface area contributed by atoms with E-state index in [0.29, 0.717) is 17.8 Å². The Morgan fingerprint density at radius 2 is 1.96 bits per heavy atom. The molecular formula is C24H34O2. The molecule has 0 bridgehead atoms. The van der Waals surface area contributed by atoms with E-state index in [-0.39, 0.29) is 11.5 Å². The minimum absolute atomic E-state index is 0.0328. The van der Waals surface area contributed by atoms with Crippen molar-refractivity contribution < 1.29 is 10.2 Å². The van der Waals surface area contributed by atoms with Crippen molar-refractivity contribution in [2.75, 3.05) is 0 Å².